The first kappa shape index (κ1) is 27.1. The fourth-order valence-electron chi connectivity index (χ4n) is 3.99. The van der Waals surface area contributed by atoms with Gasteiger partial charge in [-0.25, -0.2) is 8.42 Å². The fourth-order valence-corrected chi connectivity index (χ4v) is 6.03. The maximum absolute atomic E-state index is 12.5. The smallest absolute Gasteiger partial charge is 0.271 e. The van der Waals surface area contributed by atoms with Gasteiger partial charge in [0.1, 0.15) is 22.3 Å². The lowest BCUT2D eigenvalue weighted by Gasteiger charge is -2.26. The number of aliphatic hydroxyl groups excluding tert-OH is 1. The van der Waals surface area contributed by atoms with Gasteiger partial charge in [0.15, 0.2) is 0 Å². The van der Waals surface area contributed by atoms with E-state index in [1.807, 2.05) is 24.4 Å². The second-order valence-corrected chi connectivity index (χ2v) is 11.7. The minimum Gasteiger partial charge on any atom is -0.489 e. The zero-order valence-corrected chi connectivity index (χ0v) is 22.2. The molecular formula is C26H31N3O6S2. The van der Waals surface area contributed by atoms with E-state index >= 15 is 0 Å². The zero-order valence-electron chi connectivity index (χ0n) is 20.6. The number of hydrogen-bond acceptors (Lipinski definition) is 8. The average Bonchev–Trinajstić information content (AvgIpc) is 3.54. The van der Waals surface area contributed by atoms with Crippen LogP contribution in [0.3, 0.4) is 0 Å². The number of para-hydroxylation sites is 1. The molecule has 0 saturated carbocycles. The van der Waals surface area contributed by atoms with Crippen molar-refractivity contribution in [1.29, 1.82) is 0 Å². The molecule has 0 amide bonds. The molecule has 11 heteroatoms. The van der Waals surface area contributed by atoms with Gasteiger partial charge in [-0.05, 0) is 47.7 Å². The molecule has 0 aliphatic heterocycles. The lowest BCUT2D eigenvalue weighted by atomic mass is 10.0. The third-order valence-electron chi connectivity index (χ3n) is 5.80. The molecule has 9 nitrogen and oxygen atoms in total. The van der Waals surface area contributed by atoms with Crippen LogP contribution in [-0.2, 0) is 21.2 Å². The minimum atomic E-state index is -3.69. The summed E-state index contributed by atoms with van der Waals surface area (Å²) in [5.74, 6) is 0.707. The third-order valence-corrected chi connectivity index (χ3v) is 8.58. The summed E-state index contributed by atoms with van der Waals surface area (Å²) in [5.41, 5.74) is 1.27. The van der Waals surface area contributed by atoms with Gasteiger partial charge in [-0.15, -0.1) is 11.3 Å². The van der Waals surface area contributed by atoms with E-state index in [1.54, 1.807) is 49.7 Å². The first-order valence-electron chi connectivity index (χ1n) is 11.7. The van der Waals surface area contributed by atoms with Gasteiger partial charge < -0.3 is 24.7 Å². The monoisotopic (exact) mass is 545 g/mol. The van der Waals surface area contributed by atoms with Crippen LogP contribution < -0.4 is 14.8 Å². The summed E-state index contributed by atoms with van der Waals surface area (Å²) in [6, 6.07) is 15.5. The number of aromatic nitrogens is 1. The van der Waals surface area contributed by atoms with Crippen LogP contribution in [0.15, 0.2) is 70.4 Å². The fraction of sp³-hybridized carbons (Fsp3) is 0.308. The molecule has 0 spiro atoms. The van der Waals surface area contributed by atoms with Gasteiger partial charge in [0.2, 0.25) is 0 Å². The zero-order chi connectivity index (χ0) is 26.5. The number of ether oxygens (including phenoxy) is 2. The number of aliphatic hydroxyl groups is 2. The Morgan fingerprint density at radius 1 is 1.14 bits per heavy atom. The van der Waals surface area contributed by atoms with Gasteiger partial charge in [0.25, 0.3) is 10.0 Å². The van der Waals surface area contributed by atoms with Gasteiger partial charge in [0.05, 0.1) is 18.2 Å². The Hall–Kier alpha value is -2.93. The summed E-state index contributed by atoms with van der Waals surface area (Å²) < 4.78 is 38.6. The van der Waals surface area contributed by atoms with Crippen molar-refractivity contribution in [3.63, 3.8) is 0 Å². The van der Waals surface area contributed by atoms with Crippen molar-refractivity contribution in [3.05, 3.63) is 77.3 Å². The number of methoxy groups -OCH3 is 1. The largest absolute Gasteiger partial charge is 0.489 e. The number of sulfonamides is 1. The molecule has 0 bridgehead atoms. The highest BCUT2D eigenvalue weighted by Crippen LogP contribution is 2.29. The van der Waals surface area contributed by atoms with Crippen LogP contribution in [0.1, 0.15) is 24.2 Å². The SMILES string of the molecule is COCCOc1cccc2c(C[C@](C)(O)NC[C@H](O)c3cccc(NS(=O)(=O)c4cccs4)c3)c[nH]c12. The van der Waals surface area contributed by atoms with Crippen molar-refractivity contribution < 1.29 is 28.1 Å². The van der Waals surface area contributed by atoms with E-state index < -0.39 is 21.9 Å². The highest BCUT2D eigenvalue weighted by atomic mass is 32.2. The van der Waals surface area contributed by atoms with Crippen molar-refractivity contribution in [2.75, 3.05) is 31.6 Å². The molecule has 0 unspecified atom stereocenters. The first-order chi connectivity index (χ1) is 17.7. The Morgan fingerprint density at radius 2 is 1.95 bits per heavy atom. The van der Waals surface area contributed by atoms with Crippen LogP contribution in [0, 0.1) is 0 Å². The number of anilines is 1. The van der Waals surface area contributed by atoms with E-state index in [1.165, 1.54) is 6.07 Å². The molecule has 4 aromatic rings. The van der Waals surface area contributed by atoms with Gasteiger partial charge in [-0.1, -0.05) is 30.3 Å². The molecule has 2 atom stereocenters. The van der Waals surface area contributed by atoms with E-state index in [9.17, 15) is 18.6 Å². The summed E-state index contributed by atoms with van der Waals surface area (Å²) in [4.78, 5) is 3.22. The maximum atomic E-state index is 12.5. The average molecular weight is 546 g/mol. The number of benzene rings is 2. The molecule has 0 saturated heterocycles. The molecule has 2 aromatic heterocycles. The summed E-state index contributed by atoms with van der Waals surface area (Å²) in [5, 5.41) is 27.4. The highest BCUT2D eigenvalue weighted by Gasteiger charge is 2.24. The molecule has 37 heavy (non-hydrogen) atoms. The maximum Gasteiger partial charge on any atom is 0.271 e. The van der Waals surface area contributed by atoms with Gasteiger partial charge in [0, 0.05) is 37.3 Å². The predicted molar refractivity (Wildman–Crippen MR) is 145 cm³/mol. The van der Waals surface area contributed by atoms with Crippen LogP contribution in [0.25, 0.3) is 10.9 Å². The van der Waals surface area contributed by atoms with Crippen molar-refractivity contribution >= 4 is 38.0 Å². The third kappa shape index (κ3) is 6.89. The molecule has 2 heterocycles. The van der Waals surface area contributed by atoms with E-state index in [2.05, 4.69) is 15.0 Å². The normalized spacial score (nSPS) is 14.4. The Morgan fingerprint density at radius 3 is 2.70 bits per heavy atom. The topological polar surface area (TPSA) is 133 Å². The summed E-state index contributed by atoms with van der Waals surface area (Å²) in [6.07, 6.45) is 1.15. The van der Waals surface area contributed by atoms with Crippen LogP contribution in [-0.4, -0.2) is 56.2 Å². The molecule has 0 radical (unpaired) electrons. The van der Waals surface area contributed by atoms with Crippen LogP contribution in [0.4, 0.5) is 5.69 Å². The molecular weight excluding hydrogens is 514 g/mol. The summed E-state index contributed by atoms with van der Waals surface area (Å²) in [7, 11) is -2.07. The number of H-pyrrole nitrogens is 1. The molecule has 0 fully saturated rings. The Bertz CT molecular complexity index is 1420. The summed E-state index contributed by atoms with van der Waals surface area (Å²) >= 11 is 1.13. The Labute approximate surface area is 220 Å². The molecule has 0 aliphatic rings. The minimum absolute atomic E-state index is 0.0574. The lowest BCUT2D eigenvalue weighted by molar-refractivity contribution is 0.0112. The van der Waals surface area contributed by atoms with Gasteiger partial charge >= 0.3 is 0 Å². The number of nitrogens with one attached hydrogen (secondary N) is 3. The van der Waals surface area contributed by atoms with E-state index in [-0.39, 0.29) is 17.2 Å². The number of aromatic amines is 1. The Balaban J connectivity index is 1.39. The number of thiophene rings is 1. The highest BCUT2D eigenvalue weighted by molar-refractivity contribution is 7.94. The van der Waals surface area contributed by atoms with E-state index in [4.69, 9.17) is 9.47 Å². The van der Waals surface area contributed by atoms with Gasteiger partial charge in [-0.2, -0.15) is 0 Å². The van der Waals surface area contributed by atoms with Gasteiger partial charge in [-0.3, -0.25) is 10.0 Å². The van der Waals surface area contributed by atoms with E-state index in [0.717, 1.165) is 27.8 Å². The number of hydrogen-bond donors (Lipinski definition) is 5. The standard InChI is InChI=1S/C26H31N3O6S2/c1-26(31,15-19-16-27-25-21(19)8-4-9-23(25)35-12-11-34-2)28-17-22(30)18-6-3-7-20(14-18)29-37(32,33)24-10-5-13-36-24/h3-10,13-14,16,22,27-31H,11-12,15,17H2,1-2H3/t22-,26-/m0/s1. The van der Waals surface area contributed by atoms with Crippen molar-refractivity contribution in [2.45, 2.75) is 29.4 Å². The van der Waals surface area contributed by atoms with Crippen molar-refractivity contribution in [1.82, 2.24) is 10.3 Å². The van der Waals surface area contributed by atoms with Crippen LogP contribution in [0.2, 0.25) is 0 Å². The van der Waals surface area contributed by atoms with Crippen molar-refractivity contribution in [2.24, 2.45) is 0 Å². The van der Waals surface area contributed by atoms with Crippen molar-refractivity contribution in [3.8, 4) is 5.75 Å². The molecule has 2 aromatic carbocycles. The second-order valence-electron chi connectivity index (χ2n) is 8.84. The first-order valence-corrected chi connectivity index (χ1v) is 14.1. The molecule has 0 aliphatic carbocycles. The lowest BCUT2D eigenvalue weighted by Crippen LogP contribution is -2.46. The molecule has 4 rings (SSSR count). The van der Waals surface area contributed by atoms with E-state index in [0.29, 0.717) is 30.2 Å². The molecule has 198 valence electrons. The predicted octanol–water partition coefficient (Wildman–Crippen LogP) is 3.63. The summed E-state index contributed by atoms with van der Waals surface area (Å²) in [6.45, 7) is 2.61. The second kappa shape index (κ2) is 11.6. The van der Waals surface area contributed by atoms with Crippen LogP contribution >= 0.6 is 11.3 Å². The number of fused-ring (bicyclic) bond motifs is 1. The Kier molecular flexibility index (Phi) is 8.53. The van der Waals surface area contributed by atoms with Crippen LogP contribution in [0.5, 0.6) is 5.75 Å². The number of rotatable bonds is 13. The molecule has 5 N–H and O–H groups in total. The quantitative estimate of drug-likeness (QED) is 0.128.